The topological polar surface area (TPSA) is 76.9 Å². The van der Waals surface area contributed by atoms with Crippen molar-refractivity contribution in [2.45, 2.75) is 13.5 Å². The number of carbonyl (C=O) groups excluding carboxylic acids is 2. The number of piperazine rings is 1. The number of hydrogen-bond acceptors (Lipinski definition) is 6. The molecule has 9 heteroatoms. The van der Waals surface area contributed by atoms with Crippen LogP contribution in [0.4, 0.5) is 10.1 Å². The lowest BCUT2D eigenvalue weighted by atomic mass is 10.1. The SMILES string of the molecule is CCOC(=O)c1cc(-c2ccc(N3CCN(C(=O)COCc4ccccc4)CC3)cc2)n(-c2cccc(F)c2)n1. The minimum absolute atomic E-state index is 0.00561. The highest BCUT2D eigenvalue weighted by Gasteiger charge is 2.22. The molecule has 1 aliphatic rings. The molecule has 206 valence electrons. The molecule has 1 fully saturated rings. The van der Waals surface area contributed by atoms with Crippen LogP contribution in [0, 0.1) is 5.82 Å². The number of carbonyl (C=O) groups is 2. The molecule has 0 aliphatic carbocycles. The van der Waals surface area contributed by atoms with Gasteiger partial charge in [0.2, 0.25) is 5.91 Å². The van der Waals surface area contributed by atoms with Gasteiger partial charge in [-0.05, 0) is 48.9 Å². The standard InChI is InChI=1S/C31H31FN4O4/c1-2-40-31(38)28-20-29(36(33-28)27-10-6-9-25(32)19-27)24-11-13-26(14-12-24)34-15-17-35(18-16-34)30(37)22-39-21-23-7-4-3-5-8-23/h3-14,19-20H,2,15-18,21-22H2,1H3. The van der Waals surface area contributed by atoms with Gasteiger partial charge in [-0.2, -0.15) is 5.10 Å². The van der Waals surface area contributed by atoms with E-state index in [1.165, 1.54) is 12.1 Å². The molecule has 0 atom stereocenters. The molecule has 2 heterocycles. The number of anilines is 1. The van der Waals surface area contributed by atoms with Crippen LogP contribution < -0.4 is 4.90 Å². The number of nitrogens with zero attached hydrogens (tertiary/aromatic N) is 4. The van der Waals surface area contributed by atoms with E-state index in [1.807, 2.05) is 59.5 Å². The summed E-state index contributed by atoms with van der Waals surface area (Å²) < 4.78 is 26.3. The summed E-state index contributed by atoms with van der Waals surface area (Å²) in [7, 11) is 0. The monoisotopic (exact) mass is 542 g/mol. The van der Waals surface area contributed by atoms with Crippen LogP contribution in [0.15, 0.2) is 84.9 Å². The summed E-state index contributed by atoms with van der Waals surface area (Å²) in [6, 6.07) is 25.4. The molecule has 1 aliphatic heterocycles. The molecular weight excluding hydrogens is 511 g/mol. The van der Waals surface area contributed by atoms with Crippen molar-refractivity contribution in [2.75, 3.05) is 44.3 Å². The lowest BCUT2D eigenvalue weighted by Gasteiger charge is -2.36. The number of rotatable bonds is 9. The number of esters is 1. The molecule has 3 aromatic carbocycles. The van der Waals surface area contributed by atoms with E-state index in [2.05, 4.69) is 10.00 Å². The molecule has 0 N–H and O–H groups in total. The summed E-state index contributed by atoms with van der Waals surface area (Å²) in [5, 5.41) is 4.41. The molecule has 1 amide bonds. The summed E-state index contributed by atoms with van der Waals surface area (Å²) in [4.78, 5) is 29.1. The quantitative estimate of drug-likeness (QED) is 0.285. The normalized spacial score (nSPS) is 13.3. The van der Waals surface area contributed by atoms with Crippen LogP contribution >= 0.6 is 0 Å². The maximum atomic E-state index is 14.0. The maximum Gasteiger partial charge on any atom is 0.358 e. The van der Waals surface area contributed by atoms with E-state index in [9.17, 15) is 14.0 Å². The first kappa shape index (κ1) is 27.1. The zero-order chi connectivity index (χ0) is 27.9. The molecule has 4 aromatic rings. The zero-order valence-electron chi connectivity index (χ0n) is 22.3. The second-order valence-electron chi connectivity index (χ2n) is 9.42. The highest BCUT2D eigenvalue weighted by molar-refractivity contribution is 5.89. The van der Waals surface area contributed by atoms with E-state index in [-0.39, 0.29) is 24.8 Å². The van der Waals surface area contributed by atoms with Gasteiger partial charge < -0.3 is 19.3 Å². The van der Waals surface area contributed by atoms with Gasteiger partial charge in [0.25, 0.3) is 0 Å². The Morgan fingerprint density at radius 1 is 0.875 bits per heavy atom. The molecule has 0 radical (unpaired) electrons. The smallest absolute Gasteiger partial charge is 0.358 e. The molecular formula is C31H31FN4O4. The van der Waals surface area contributed by atoms with Crippen molar-refractivity contribution in [1.29, 1.82) is 0 Å². The van der Waals surface area contributed by atoms with E-state index in [0.29, 0.717) is 44.2 Å². The Morgan fingerprint density at radius 3 is 2.33 bits per heavy atom. The molecule has 40 heavy (non-hydrogen) atoms. The number of aromatic nitrogens is 2. The van der Waals surface area contributed by atoms with Gasteiger partial charge in [0, 0.05) is 37.4 Å². The molecule has 1 aromatic heterocycles. The van der Waals surface area contributed by atoms with Gasteiger partial charge in [0.1, 0.15) is 12.4 Å². The van der Waals surface area contributed by atoms with Crippen molar-refractivity contribution >= 4 is 17.6 Å². The minimum Gasteiger partial charge on any atom is -0.461 e. The van der Waals surface area contributed by atoms with E-state index in [0.717, 1.165) is 16.8 Å². The molecule has 0 spiro atoms. The van der Waals surface area contributed by atoms with E-state index < -0.39 is 11.8 Å². The van der Waals surface area contributed by atoms with Gasteiger partial charge in [-0.3, -0.25) is 4.79 Å². The third kappa shape index (κ3) is 6.38. The Morgan fingerprint density at radius 2 is 1.62 bits per heavy atom. The molecule has 8 nitrogen and oxygen atoms in total. The van der Waals surface area contributed by atoms with Gasteiger partial charge in [-0.1, -0.05) is 48.5 Å². The van der Waals surface area contributed by atoms with Gasteiger partial charge in [-0.25, -0.2) is 13.9 Å². The fourth-order valence-electron chi connectivity index (χ4n) is 4.67. The highest BCUT2D eigenvalue weighted by Crippen LogP contribution is 2.27. The van der Waals surface area contributed by atoms with Crippen LogP contribution in [0.5, 0.6) is 0 Å². The minimum atomic E-state index is -0.534. The zero-order valence-corrected chi connectivity index (χ0v) is 22.3. The number of ether oxygens (including phenoxy) is 2. The van der Waals surface area contributed by atoms with Crippen molar-refractivity contribution < 1.29 is 23.5 Å². The van der Waals surface area contributed by atoms with Crippen molar-refractivity contribution in [3.05, 3.63) is 102 Å². The number of benzene rings is 3. The van der Waals surface area contributed by atoms with Crippen molar-refractivity contribution in [3.8, 4) is 16.9 Å². The Balaban J connectivity index is 1.23. The van der Waals surface area contributed by atoms with Gasteiger partial charge in [0.15, 0.2) is 5.69 Å². The Kier molecular flexibility index (Phi) is 8.51. The van der Waals surface area contributed by atoms with Crippen molar-refractivity contribution in [3.63, 3.8) is 0 Å². The van der Waals surface area contributed by atoms with Crippen LogP contribution in [0.1, 0.15) is 23.0 Å². The number of halogens is 1. The summed E-state index contributed by atoms with van der Waals surface area (Å²) in [5.41, 5.74) is 4.19. The van der Waals surface area contributed by atoms with Crippen LogP contribution in [-0.2, 0) is 20.9 Å². The van der Waals surface area contributed by atoms with E-state index in [4.69, 9.17) is 9.47 Å². The fourth-order valence-corrected chi connectivity index (χ4v) is 4.67. The third-order valence-corrected chi connectivity index (χ3v) is 6.74. The largest absolute Gasteiger partial charge is 0.461 e. The molecule has 5 rings (SSSR count). The lowest BCUT2D eigenvalue weighted by molar-refractivity contribution is -0.136. The predicted octanol–water partition coefficient (Wildman–Crippen LogP) is 4.72. The average molecular weight is 543 g/mol. The summed E-state index contributed by atoms with van der Waals surface area (Å²) in [6.45, 7) is 5.09. The summed E-state index contributed by atoms with van der Waals surface area (Å²) in [6.07, 6.45) is 0. The molecule has 0 saturated carbocycles. The number of hydrogen-bond donors (Lipinski definition) is 0. The van der Waals surface area contributed by atoms with Crippen LogP contribution in [0.2, 0.25) is 0 Å². The molecule has 1 saturated heterocycles. The number of amides is 1. The predicted molar refractivity (Wildman–Crippen MR) is 150 cm³/mol. The Bertz CT molecular complexity index is 1450. The Hall–Kier alpha value is -4.50. The van der Waals surface area contributed by atoms with Crippen molar-refractivity contribution in [2.24, 2.45) is 0 Å². The molecule has 0 unspecified atom stereocenters. The first-order chi connectivity index (χ1) is 19.5. The Labute approximate surface area is 232 Å². The van der Waals surface area contributed by atoms with E-state index in [1.54, 1.807) is 29.8 Å². The third-order valence-electron chi connectivity index (χ3n) is 6.74. The van der Waals surface area contributed by atoms with Crippen LogP contribution in [0.3, 0.4) is 0 Å². The summed E-state index contributed by atoms with van der Waals surface area (Å²) >= 11 is 0. The second-order valence-corrected chi connectivity index (χ2v) is 9.42. The van der Waals surface area contributed by atoms with Gasteiger partial charge in [-0.15, -0.1) is 0 Å². The maximum absolute atomic E-state index is 14.0. The lowest BCUT2D eigenvalue weighted by Crippen LogP contribution is -2.49. The van der Waals surface area contributed by atoms with Crippen LogP contribution in [-0.4, -0.2) is 65.9 Å². The van der Waals surface area contributed by atoms with Gasteiger partial charge >= 0.3 is 5.97 Å². The summed E-state index contributed by atoms with van der Waals surface area (Å²) in [5.74, 6) is -0.935. The fraction of sp³-hybridized carbons (Fsp3) is 0.258. The average Bonchev–Trinajstić information content (AvgIpc) is 3.44. The first-order valence-corrected chi connectivity index (χ1v) is 13.3. The first-order valence-electron chi connectivity index (χ1n) is 13.3. The van der Waals surface area contributed by atoms with Crippen LogP contribution in [0.25, 0.3) is 16.9 Å². The van der Waals surface area contributed by atoms with Crippen molar-refractivity contribution in [1.82, 2.24) is 14.7 Å². The second kappa shape index (κ2) is 12.6. The van der Waals surface area contributed by atoms with E-state index >= 15 is 0 Å². The molecule has 0 bridgehead atoms. The van der Waals surface area contributed by atoms with Gasteiger partial charge in [0.05, 0.1) is 24.6 Å². The highest BCUT2D eigenvalue weighted by atomic mass is 19.1.